The van der Waals surface area contributed by atoms with E-state index >= 15 is 0 Å². The third-order valence-corrected chi connectivity index (χ3v) is 5.83. The van der Waals surface area contributed by atoms with Crippen molar-refractivity contribution >= 4 is 5.91 Å². The average molecular weight is 424 g/mol. The molecule has 5 heteroatoms. The molecular formula is C26H37N3O2. The summed E-state index contributed by atoms with van der Waals surface area (Å²) in [4.78, 5) is 19.9. The Morgan fingerprint density at radius 1 is 1.16 bits per heavy atom. The number of piperidine rings is 1. The van der Waals surface area contributed by atoms with Gasteiger partial charge in [-0.2, -0.15) is 0 Å². The first-order chi connectivity index (χ1) is 14.7. The summed E-state index contributed by atoms with van der Waals surface area (Å²) in [5, 5.41) is 3.73. The van der Waals surface area contributed by atoms with Crippen molar-refractivity contribution in [1.82, 2.24) is 15.2 Å². The topological polar surface area (TPSA) is 54.5 Å². The number of benzene rings is 1. The maximum Gasteiger partial charge on any atom is 0.254 e. The van der Waals surface area contributed by atoms with E-state index in [-0.39, 0.29) is 23.0 Å². The summed E-state index contributed by atoms with van der Waals surface area (Å²) in [6, 6.07) is 11.7. The lowest BCUT2D eigenvalue weighted by molar-refractivity contribution is 0.0441. The molecule has 1 aliphatic heterocycles. The summed E-state index contributed by atoms with van der Waals surface area (Å²) >= 11 is 0. The van der Waals surface area contributed by atoms with Gasteiger partial charge in [-0.3, -0.25) is 9.78 Å². The van der Waals surface area contributed by atoms with Gasteiger partial charge < -0.3 is 15.0 Å². The molecule has 1 amide bonds. The second kappa shape index (κ2) is 9.82. The first-order valence-electron chi connectivity index (χ1n) is 11.4. The number of rotatable bonds is 8. The van der Waals surface area contributed by atoms with Crippen LogP contribution in [0.2, 0.25) is 0 Å². The Labute approximate surface area is 187 Å². The zero-order chi connectivity index (χ0) is 22.5. The summed E-state index contributed by atoms with van der Waals surface area (Å²) in [6.45, 7) is 12.3. The van der Waals surface area contributed by atoms with Crippen molar-refractivity contribution in [3.8, 4) is 5.75 Å². The van der Waals surface area contributed by atoms with E-state index in [2.05, 4.69) is 49.8 Å². The minimum Gasteiger partial charge on any atom is -0.489 e. The van der Waals surface area contributed by atoms with Crippen LogP contribution in [0.15, 0.2) is 48.8 Å². The van der Waals surface area contributed by atoms with E-state index in [0.29, 0.717) is 17.9 Å². The molecule has 5 nitrogen and oxygen atoms in total. The number of ether oxygens (including phenoxy) is 1. The predicted octanol–water partition coefficient (Wildman–Crippen LogP) is 5.21. The van der Waals surface area contributed by atoms with Crippen LogP contribution < -0.4 is 10.1 Å². The van der Waals surface area contributed by atoms with Crippen LogP contribution in [0.3, 0.4) is 0 Å². The molecule has 1 saturated heterocycles. The van der Waals surface area contributed by atoms with E-state index in [9.17, 15) is 4.79 Å². The van der Waals surface area contributed by atoms with Gasteiger partial charge in [-0.15, -0.1) is 0 Å². The number of carbonyl (C=O) groups excluding carboxylic acids is 1. The number of hydrogen-bond donors (Lipinski definition) is 1. The Bertz CT molecular complexity index is 848. The van der Waals surface area contributed by atoms with Crippen LogP contribution >= 0.6 is 0 Å². The number of hydrogen-bond acceptors (Lipinski definition) is 4. The van der Waals surface area contributed by atoms with E-state index in [1.54, 1.807) is 12.4 Å². The number of amides is 1. The zero-order valence-corrected chi connectivity index (χ0v) is 19.6. The van der Waals surface area contributed by atoms with E-state index < -0.39 is 0 Å². The highest BCUT2D eigenvalue weighted by atomic mass is 16.5. The van der Waals surface area contributed by atoms with Crippen molar-refractivity contribution in [2.45, 2.75) is 84.0 Å². The molecule has 0 spiro atoms. The summed E-state index contributed by atoms with van der Waals surface area (Å²) in [5.41, 5.74) is 1.68. The van der Waals surface area contributed by atoms with Gasteiger partial charge >= 0.3 is 0 Å². The summed E-state index contributed by atoms with van der Waals surface area (Å²) in [7, 11) is 0. The summed E-state index contributed by atoms with van der Waals surface area (Å²) in [6.07, 6.45) is 7.51. The third-order valence-electron chi connectivity index (χ3n) is 5.83. The second-order valence-corrected chi connectivity index (χ2v) is 9.98. The van der Waals surface area contributed by atoms with Crippen LogP contribution in [0.25, 0.3) is 0 Å². The average Bonchev–Trinajstić information content (AvgIpc) is 2.71. The maximum atomic E-state index is 13.6. The lowest BCUT2D eigenvalue weighted by atomic mass is 9.78. The zero-order valence-electron chi connectivity index (χ0n) is 19.6. The highest BCUT2D eigenvalue weighted by molar-refractivity contribution is 5.94. The van der Waals surface area contributed by atoms with Crippen molar-refractivity contribution in [2.75, 3.05) is 6.54 Å². The van der Waals surface area contributed by atoms with Gasteiger partial charge in [0.05, 0.1) is 0 Å². The van der Waals surface area contributed by atoms with Gasteiger partial charge in [-0.05, 0) is 71.2 Å². The number of carbonyl (C=O) groups is 1. The molecule has 3 rings (SSSR count). The van der Waals surface area contributed by atoms with Crippen molar-refractivity contribution < 1.29 is 9.53 Å². The van der Waals surface area contributed by atoms with Crippen LogP contribution in [-0.4, -0.2) is 39.5 Å². The largest absolute Gasteiger partial charge is 0.489 e. The molecule has 2 heterocycles. The van der Waals surface area contributed by atoms with Gasteiger partial charge in [0.25, 0.3) is 5.91 Å². The lowest BCUT2D eigenvalue weighted by Gasteiger charge is -2.49. The third kappa shape index (κ3) is 6.54. The molecule has 1 N–H and O–H groups in total. The molecule has 0 radical (unpaired) electrons. The standard InChI is InChI=1S/C26H37N3O2/c1-6-7-14-29(22-16-25(2,3)28-26(4,5)17-22)24(30)21-11-8-12-23(15-21)31-19-20-10-9-13-27-18-20/h8-13,15,18,22,28H,6-7,14,16-17,19H2,1-5H3. The minimum absolute atomic E-state index is 0.00810. The summed E-state index contributed by atoms with van der Waals surface area (Å²) in [5.74, 6) is 0.801. The van der Waals surface area contributed by atoms with Crippen LogP contribution in [0.4, 0.5) is 0 Å². The van der Waals surface area contributed by atoms with Gasteiger partial charge in [-0.1, -0.05) is 25.5 Å². The van der Waals surface area contributed by atoms with E-state index in [0.717, 1.165) is 37.8 Å². The molecule has 0 unspecified atom stereocenters. The van der Waals surface area contributed by atoms with E-state index in [1.165, 1.54) is 0 Å². The highest BCUT2D eigenvalue weighted by Gasteiger charge is 2.41. The van der Waals surface area contributed by atoms with E-state index in [4.69, 9.17) is 4.74 Å². The maximum absolute atomic E-state index is 13.6. The Balaban J connectivity index is 1.78. The lowest BCUT2D eigenvalue weighted by Crippen LogP contribution is -2.62. The summed E-state index contributed by atoms with van der Waals surface area (Å²) < 4.78 is 5.93. The number of nitrogens with zero attached hydrogens (tertiary/aromatic N) is 2. The Kier molecular flexibility index (Phi) is 7.37. The first kappa shape index (κ1) is 23.3. The highest BCUT2D eigenvalue weighted by Crippen LogP contribution is 2.32. The molecule has 1 aliphatic rings. The van der Waals surface area contributed by atoms with Crippen LogP contribution in [-0.2, 0) is 6.61 Å². The second-order valence-electron chi connectivity index (χ2n) is 9.98. The number of unbranched alkanes of at least 4 members (excludes halogenated alkanes) is 1. The molecule has 168 valence electrons. The van der Waals surface area contributed by atoms with Crippen LogP contribution in [0, 0.1) is 0 Å². The molecule has 31 heavy (non-hydrogen) atoms. The number of aromatic nitrogens is 1. The van der Waals surface area contributed by atoms with Crippen molar-refractivity contribution in [3.05, 3.63) is 59.9 Å². The SMILES string of the molecule is CCCCN(C(=O)c1cccc(OCc2cccnc2)c1)C1CC(C)(C)NC(C)(C)C1. The molecule has 0 saturated carbocycles. The Morgan fingerprint density at radius 2 is 1.90 bits per heavy atom. The van der Waals surface area contributed by atoms with Crippen LogP contribution in [0.5, 0.6) is 5.75 Å². The predicted molar refractivity (Wildman–Crippen MR) is 125 cm³/mol. The fourth-order valence-electron chi connectivity index (χ4n) is 4.80. The molecule has 0 aliphatic carbocycles. The van der Waals surface area contributed by atoms with Crippen molar-refractivity contribution in [2.24, 2.45) is 0 Å². The normalized spacial score (nSPS) is 17.8. The smallest absolute Gasteiger partial charge is 0.254 e. The number of nitrogens with one attached hydrogen (secondary N) is 1. The van der Waals surface area contributed by atoms with E-state index in [1.807, 2.05) is 36.4 Å². The van der Waals surface area contributed by atoms with Crippen LogP contribution in [0.1, 0.15) is 76.2 Å². The molecular weight excluding hydrogens is 386 g/mol. The molecule has 1 fully saturated rings. The van der Waals surface area contributed by atoms with Gasteiger partial charge in [0.1, 0.15) is 12.4 Å². The molecule has 1 aromatic heterocycles. The molecule has 2 aromatic rings. The quantitative estimate of drug-likeness (QED) is 0.633. The molecule has 0 bridgehead atoms. The van der Waals surface area contributed by atoms with Gasteiger partial charge in [0.2, 0.25) is 0 Å². The van der Waals surface area contributed by atoms with Gasteiger partial charge in [0, 0.05) is 47.2 Å². The molecule has 1 aromatic carbocycles. The molecule has 0 atom stereocenters. The fraction of sp³-hybridized carbons (Fsp3) is 0.538. The Hall–Kier alpha value is -2.40. The number of pyridine rings is 1. The minimum atomic E-state index is -0.00810. The van der Waals surface area contributed by atoms with Crippen molar-refractivity contribution in [3.63, 3.8) is 0 Å². The fourth-order valence-corrected chi connectivity index (χ4v) is 4.80. The van der Waals surface area contributed by atoms with Gasteiger partial charge in [-0.25, -0.2) is 0 Å². The Morgan fingerprint density at radius 3 is 2.55 bits per heavy atom. The monoisotopic (exact) mass is 423 g/mol. The first-order valence-corrected chi connectivity index (χ1v) is 11.4. The van der Waals surface area contributed by atoms with Crippen molar-refractivity contribution in [1.29, 1.82) is 0 Å². The van der Waals surface area contributed by atoms with Gasteiger partial charge in [0.15, 0.2) is 0 Å².